The van der Waals surface area contributed by atoms with Crippen LogP contribution in [0.15, 0.2) is 46.7 Å². The van der Waals surface area contributed by atoms with Crippen molar-refractivity contribution in [3.8, 4) is 0 Å². The average molecular weight is 513 g/mol. The van der Waals surface area contributed by atoms with E-state index in [1.54, 1.807) is 4.90 Å². The zero-order valence-electron chi connectivity index (χ0n) is 18.5. The predicted octanol–water partition coefficient (Wildman–Crippen LogP) is 3.08. The number of aliphatic hydroxyl groups excluding tert-OH is 1. The third-order valence-electron chi connectivity index (χ3n) is 5.87. The van der Waals surface area contributed by atoms with Gasteiger partial charge in [0.1, 0.15) is 29.0 Å². The van der Waals surface area contributed by atoms with Crippen molar-refractivity contribution in [2.75, 3.05) is 33.4 Å². The zero-order valence-corrected chi connectivity index (χ0v) is 19.3. The number of likely N-dealkylation sites (tertiary alicyclic amines) is 1. The molecular formula is C23H21ClF4N4O3. The molecule has 35 heavy (non-hydrogen) atoms. The number of esters is 1. The number of pyridine rings is 1. The number of nitrogens with one attached hydrogen (secondary N) is 1. The molecule has 1 aromatic heterocycles. The van der Waals surface area contributed by atoms with Crippen LogP contribution in [0.5, 0.6) is 0 Å². The molecule has 0 radical (unpaired) electrons. The summed E-state index contributed by atoms with van der Waals surface area (Å²) < 4.78 is 61.4. The van der Waals surface area contributed by atoms with Crippen LogP contribution >= 0.6 is 11.6 Å². The number of hydrogen-bond donors (Lipinski definition) is 2. The number of methoxy groups -OCH3 is 1. The van der Waals surface area contributed by atoms with E-state index in [1.165, 1.54) is 6.07 Å². The zero-order chi connectivity index (χ0) is 25.3. The second-order valence-electron chi connectivity index (χ2n) is 8.31. The molecule has 0 spiro atoms. The van der Waals surface area contributed by atoms with Crippen molar-refractivity contribution in [2.24, 2.45) is 4.99 Å². The third kappa shape index (κ3) is 5.16. The summed E-state index contributed by atoms with van der Waals surface area (Å²) >= 11 is 6.26. The molecule has 7 nitrogen and oxygen atoms in total. The average Bonchev–Trinajstić information content (AvgIpc) is 3.19. The Morgan fingerprint density at radius 2 is 2.09 bits per heavy atom. The van der Waals surface area contributed by atoms with E-state index < -0.39 is 41.7 Å². The first-order valence-corrected chi connectivity index (χ1v) is 11.0. The lowest BCUT2D eigenvalue weighted by atomic mass is 9.95. The quantitative estimate of drug-likeness (QED) is 0.457. The van der Waals surface area contributed by atoms with Crippen molar-refractivity contribution < 1.29 is 32.2 Å². The Labute approximate surface area is 203 Å². The fourth-order valence-electron chi connectivity index (χ4n) is 4.13. The van der Waals surface area contributed by atoms with Gasteiger partial charge >= 0.3 is 5.97 Å². The lowest BCUT2D eigenvalue weighted by Crippen LogP contribution is -2.41. The third-order valence-corrected chi connectivity index (χ3v) is 6.20. The lowest BCUT2D eigenvalue weighted by Gasteiger charge is -2.30. The summed E-state index contributed by atoms with van der Waals surface area (Å²) in [5, 5.41) is 12.2. The minimum atomic E-state index is -1.80. The van der Waals surface area contributed by atoms with Crippen molar-refractivity contribution in [3.63, 3.8) is 0 Å². The topological polar surface area (TPSA) is 87.0 Å². The van der Waals surface area contributed by atoms with Gasteiger partial charge in [-0.3, -0.25) is 9.89 Å². The lowest BCUT2D eigenvalue weighted by molar-refractivity contribution is -0.136. The molecule has 2 N–H and O–H groups in total. The number of alkyl halides is 1. The van der Waals surface area contributed by atoms with Crippen molar-refractivity contribution in [3.05, 3.63) is 75.5 Å². The van der Waals surface area contributed by atoms with Crippen LogP contribution < -0.4 is 5.32 Å². The molecule has 0 amide bonds. The summed E-state index contributed by atoms with van der Waals surface area (Å²) in [7, 11) is 1.16. The fourth-order valence-corrected chi connectivity index (χ4v) is 4.40. The maximum Gasteiger partial charge on any atom is 0.338 e. The molecule has 12 heteroatoms. The standard InChI is InChI=1S/C23H21ClF4N4O3/c1-35-22(34)18-17(9-32-5-4-23(28,10-32)11-33)30-21(20-16(27)7-13(26)8-29-20)31-19(18)14-3-2-12(25)6-15(14)24/h2-3,6-8,19,33H,4-5,9-11H2,1H3,(H,30,31)/t19-,23?/m0/s1. The second kappa shape index (κ2) is 9.92. The maximum atomic E-state index is 14.6. The molecule has 186 valence electrons. The van der Waals surface area contributed by atoms with Crippen LogP contribution in [0.25, 0.3) is 0 Å². The Morgan fingerprint density at radius 3 is 2.71 bits per heavy atom. The molecular weight excluding hydrogens is 492 g/mol. The van der Waals surface area contributed by atoms with Gasteiger partial charge in [-0.1, -0.05) is 17.7 Å². The van der Waals surface area contributed by atoms with Gasteiger partial charge < -0.3 is 15.2 Å². The van der Waals surface area contributed by atoms with Gasteiger partial charge in [0.15, 0.2) is 11.7 Å². The molecule has 0 saturated carbocycles. The number of ether oxygens (including phenoxy) is 1. The van der Waals surface area contributed by atoms with Crippen molar-refractivity contribution in [1.82, 2.24) is 15.2 Å². The Morgan fingerprint density at radius 1 is 1.31 bits per heavy atom. The van der Waals surface area contributed by atoms with Gasteiger partial charge in [-0.15, -0.1) is 0 Å². The van der Waals surface area contributed by atoms with Crippen molar-refractivity contribution >= 4 is 23.4 Å². The number of amidine groups is 1. The highest BCUT2D eigenvalue weighted by Gasteiger charge is 2.40. The minimum absolute atomic E-state index is 0.00682. The van der Waals surface area contributed by atoms with Crippen LogP contribution in [-0.4, -0.2) is 65.8 Å². The van der Waals surface area contributed by atoms with Crippen LogP contribution in [0.4, 0.5) is 17.6 Å². The summed E-state index contributed by atoms with van der Waals surface area (Å²) in [4.78, 5) is 22.7. The summed E-state index contributed by atoms with van der Waals surface area (Å²) in [6, 6.07) is 2.97. The largest absolute Gasteiger partial charge is 0.466 e. The molecule has 3 heterocycles. The molecule has 1 saturated heterocycles. The SMILES string of the molecule is COC(=O)C1=C(CN2CCC(F)(CO)C2)NC(c2ncc(F)cc2F)=N[C@H]1c1ccc(F)cc1Cl. The van der Waals surface area contributed by atoms with E-state index in [1.807, 2.05) is 0 Å². The van der Waals surface area contributed by atoms with Gasteiger partial charge in [-0.2, -0.15) is 0 Å². The van der Waals surface area contributed by atoms with Gasteiger partial charge in [-0.25, -0.2) is 27.3 Å². The van der Waals surface area contributed by atoms with Gasteiger partial charge in [0.25, 0.3) is 0 Å². The number of nitrogens with zero attached hydrogens (tertiary/aromatic N) is 3. The highest BCUT2D eigenvalue weighted by molar-refractivity contribution is 6.31. The maximum absolute atomic E-state index is 14.6. The first kappa shape index (κ1) is 25.1. The van der Waals surface area contributed by atoms with Crippen LogP contribution in [-0.2, 0) is 9.53 Å². The molecule has 1 aromatic carbocycles. The van der Waals surface area contributed by atoms with Gasteiger partial charge in [0, 0.05) is 42.0 Å². The first-order chi connectivity index (χ1) is 16.6. The van der Waals surface area contributed by atoms with E-state index in [0.717, 1.165) is 25.4 Å². The molecule has 1 unspecified atom stereocenters. The number of aliphatic imine (C=N–C) groups is 1. The predicted molar refractivity (Wildman–Crippen MR) is 119 cm³/mol. The van der Waals surface area contributed by atoms with E-state index in [0.29, 0.717) is 6.07 Å². The van der Waals surface area contributed by atoms with Gasteiger partial charge in [0.05, 0.1) is 25.5 Å². The smallest absolute Gasteiger partial charge is 0.338 e. The van der Waals surface area contributed by atoms with E-state index in [4.69, 9.17) is 16.3 Å². The molecule has 2 atom stereocenters. The first-order valence-electron chi connectivity index (χ1n) is 10.6. The Kier molecular flexibility index (Phi) is 7.11. The molecule has 0 bridgehead atoms. The Hall–Kier alpha value is -3.02. The van der Waals surface area contributed by atoms with E-state index in [2.05, 4.69) is 15.3 Å². The van der Waals surface area contributed by atoms with Crippen LogP contribution in [0.2, 0.25) is 5.02 Å². The molecule has 4 rings (SSSR count). The van der Waals surface area contributed by atoms with Crippen LogP contribution in [0.3, 0.4) is 0 Å². The monoisotopic (exact) mass is 512 g/mol. The summed E-state index contributed by atoms with van der Waals surface area (Å²) in [6.45, 7) is -0.520. The van der Waals surface area contributed by atoms with Crippen LogP contribution in [0.1, 0.15) is 23.7 Å². The number of hydrogen-bond acceptors (Lipinski definition) is 7. The normalized spacial score (nSPS) is 22.7. The fraction of sp³-hybridized carbons (Fsp3) is 0.348. The molecule has 0 aliphatic carbocycles. The number of aliphatic hydroxyl groups is 1. The second-order valence-corrected chi connectivity index (χ2v) is 8.72. The minimum Gasteiger partial charge on any atom is -0.466 e. The summed E-state index contributed by atoms with van der Waals surface area (Å²) in [5.41, 5.74) is -1.72. The van der Waals surface area contributed by atoms with E-state index in [9.17, 15) is 27.5 Å². The molecule has 1 fully saturated rings. The number of carbonyl (C=O) groups is 1. The van der Waals surface area contributed by atoms with Gasteiger partial charge in [-0.05, 0) is 18.6 Å². The van der Waals surface area contributed by atoms with Crippen molar-refractivity contribution in [2.45, 2.75) is 18.1 Å². The number of benzene rings is 1. The number of aromatic nitrogens is 1. The molecule has 2 aliphatic heterocycles. The van der Waals surface area contributed by atoms with Gasteiger partial charge in [0.2, 0.25) is 0 Å². The summed E-state index contributed by atoms with van der Waals surface area (Å²) in [5.74, 6) is -3.45. The number of carbonyl (C=O) groups excluding carboxylic acids is 1. The van der Waals surface area contributed by atoms with Crippen LogP contribution in [0, 0.1) is 17.5 Å². The Balaban J connectivity index is 1.84. The number of halogens is 5. The number of rotatable bonds is 6. The highest BCUT2D eigenvalue weighted by Crippen LogP contribution is 2.37. The summed E-state index contributed by atoms with van der Waals surface area (Å²) in [6.07, 6.45) is 0.882. The highest BCUT2D eigenvalue weighted by atomic mass is 35.5. The van der Waals surface area contributed by atoms with E-state index >= 15 is 0 Å². The Bertz CT molecular complexity index is 1230. The van der Waals surface area contributed by atoms with Crippen molar-refractivity contribution in [1.29, 1.82) is 0 Å². The molecule has 2 aliphatic rings. The van der Waals surface area contributed by atoms with E-state index in [-0.39, 0.29) is 59.4 Å². The molecule has 2 aromatic rings.